The maximum absolute atomic E-state index is 13.5. The van der Waals surface area contributed by atoms with E-state index in [1.807, 2.05) is 0 Å². The molecule has 0 heterocycles. The minimum Gasteiger partial charge on any atom is -0.497 e. The molecule has 0 amide bonds. The van der Waals surface area contributed by atoms with Gasteiger partial charge in [0.25, 0.3) is 0 Å². The maximum atomic E-state index is 13.5. The van der Waals surface area contributed by atoms with Crippen LogP contribution in [0.4, 0.5) is 13.2 Å². The summed E-state index contributed by atoms with van der Waals surface area (Å²) in [6.07, 6.45) is 0.342. The molecule has 2 aromatic carbocycles. The third-order valence-corrected chi connectivity index (χ3v) is 4.63. The molecule has 0 saturated carbocycles. The largest absolute Gasteiger partial charge is 0.497 e. The van der Waals surface area contributed by atoms with Gasteiger partial charge in [-0.25, -0.2) is 26.3 Å². The van der Waals surface area contributed by atoms with Crippen LogP contribution < -0.4 is 9.46 Å². The third kappa shape index (κ3) is 4.02. The second kappa shape index (κ2) is 7.01. The Bertz CT molecular complexity index is 792. The van der Waals surface area contributed by atoms with Crippen LogP contribution in [0.25, 0.3) is 0 Å². The first-order valence-electron chi connectivity index (χ1n) is 6.61. The summed E-state index contributed by atoms with van der Waals surface area (Å²) in [5, 5.41) is 0. The van der Waals surface area contributed by atoms with E-state index in [0.29, 0.717) is 24.3 Å². The van der Waals surface area contributed by atoms with Gasteiger partial charge in [-0.3, -0.25) is 0 Å². The zero-order valence-corrected chi connectivity index (χ0v) is 13.0. The Morgan fingerprint density at radius 2 is 1.65 bits per heavy atom. The van der Waals surface area contributed by atoms with Crippen LogP contribution in [0.3, 0.4) is 0 Å². The number of halogens is 3. The molecule has 0 fully saturated rings. The van der Waals surface area contributed by atoms with E-state index in [4.69, 9.17) is 4.74 Å². The fraction of sp³-hybridized carbons (Fsp3) is 0.200. The SMILES string of the molecule is COc1ccc(CCNS(=O)(=O)c2ccc(F)c(F)c2F)cc1. The van der Waals surface area contributed by atoms with Crippen molar-refractivity contribution in [3.8, 4) is 5.75 Å². The van der Waals surface area contributed by atoms with Gasteiger partial charge in [-0.15, -0.1) is 0 Å². The molecular weight excluding hydrogens is 331 g/mol. The summed E-state index contributed by atoms with van der Waals surface area (Å²) in [7, 11) is -2.74. The predicted octanol–water partition coefficient (Wildman–Crippen LogP) is 2.63. The summed E-state index contributed by atoms with van der Waals surface area (Å²) in [4.78, 5) is -0.925. The Balaban J connectivity index is 2.05. The molecule has 8 heteroatoms. The Kier molecular flexibility index (Phi) is 5.27. The van der Waals surface area contributed by atoms with Crippen molar-refractivity contribution in [1.82, 2.24) is 4.72 Å². The molecule has 0 bridgehead atoms. The average molecular weight is 345 g/mol. The molecule has 0 aliphatic rings. The molecule has 124 valence electrons. The van der Waals surface area contributed by atoms with Crippen LogP contribution >= 0.6 is 0 Å². The number of sulfonamides is 1. The van der Waals surface area contributed by atoms with Crippen LogP contribution in [0, 0.1) is 17.5 Å². The monoisotopic (exact) mass is 345 g/mol. The van der Waals surface area contributed by atoms with Gasteiger partial charge in [-0.1, -0.05) is 12.1 Å². The molecule has 0 unspecified atom stereocenters. The van der Waals surface area contributed by atoms with Crippen molar-refractivity contribution < 1.29 is 26.3 Å². The normalized spacial score (nSPS) is 11.5. The summed E-state index contributed by atoms with van der Waals surface area (Å²) < 4.78 is 70.6. The smallest absolute Gasteiger partial charge is 0.243 e. The molecule has 23 heavy (non-hydrogen) atoms. The number of hydrogen-bond donors (Lipinski definition) is 1. The number of benzene rings is 2. The summed E-state index contributed by atoms with van der Waals surface area (Å²) >= 11 is 0. The van der Waals surface area contributed by atoms with E-state index >= 15 is 0 Å². The van der Waals surface area contributed by atoms with E-state index in [9.17, 15) is 21.6 Å². The van der Waals surface area contributed by atoms with Crippen LogP contribution in [-0.2, 0) is 16.4 Å². The van der Waals surface area contributed by atoms with Gasteiger partial charge in [0.1, 0.15) is 10.6 Å². The van der Waals surface area contributed by atoms with Crippen LogP contribution in [0.15, 0.2) is 41.3 Å². The highest BCUT2D eigenvalue weighted by molar-refractivity contribution is 7.89. The molecule has 2 rings (SSSR count). The van der Waals surface area contributed by atoms with E-state index in [2.05, 4.69) is 4.72 Å². The summed E-state index contributed by atoms with van der Waals surface area (Å²) in [5.74, 6) is -4.33. The van der Waals surface area contributed by atoms with Crippen molar-refractivity contribution in [2.24, 2.45) is 0 Å². The highest BCUT2D eigenvalue weighted by Gasteiger charge is 2.23. The van der Waals surface area contributed by atoms with E-state index in [0.717, 1.165) is 5.56 Å². The van der Waals surface area contributed by atoms with Gasteiger partial charge in [0.2, 0.25) is 10.0 Å². The lowest BCUT2D eigenvalue weighted by atomic mass is 10.1. The van der Waals surface area contributed by atoms with Crippen molar-refractivity contribution in [2.45, 2.75) is 11.3 Å². The number of hydrogen-bond acceptors (Lipinski definition) is 3. The highest BCUT2D eigenvalue weighted by Crippen LogP contribution is 2.19. The van der Waals surface area contributed by atoms with E-state index in [1.165, 1.54) is 7.11 Å². The van der Waals surface area contributed by atoms with E-state index in [1.54, 1.807) is 24.3 Å². The van der Waals surface area contributed by atoms with E-state index in [-0.39, 0.29) is 6.54 Å². The fourth-order valence-corrected chi connectivity index (χ4v) is 3.01. The molecular formula is C15H14F3NO3S. The van der Waals surface area contributed by atoms with Crippen LogP contribution in [0.1, 0.15) is 5.56 Å². The Labute approximate surface area is 132 Å². The molecule has 2 aromatic rings. The molecule has 0 saturated heterocycles. The van der Waals surface area contributed by atoms with Crippen LogP contribution in [0.2, 0.25) is 0 Å². The molecule has 4 nitrogen and oxygen atoms in total. The zero-order chi connectivity index (χ0) is 17.0. The maximum Gasteiger partial charge on any atom is 0.243 e. The first-order chi connectivity index (χ1) is 10.8. The van der Waals surface area contributed by atoms with Crippen LogP contribution in [-0.4, -0.2) is 22.1 Å². The van der Waals surface area contributed by atoms with Gasteiger partial charge < -0.3 is 4.74 Å². The summed E-state index contributed by atoms with van der Waals surface area (Å²) in [6.45, 7) is -0.0207. The lowest BCUT2D eigenvalue weighted by molar-refractivity contribution is 0.414. The Morgan fingerprint density at radius 3 is 2.26 bits per heavy atom. The number of rotatable bonds is 6. The standard InChI is InChI=1S/C15H14F3NO3S/c1-22-11-4-2-10(3-5-11)8-9-19-23(20,21)13-7-6-12(16)14(17)15(13)18/h2-7,19H,8-9H2,1H3. The fourth-order valence-electron chi connectivity index (χ4n) is 1.92. The average Bonchev–Trinajstić information content (AvgIpc) is 2.53. The number of nitrogens with one attached hydrogen (secondary N) is 1. The van der Waals surface area contributed by atoms with Gasteiger partial charge in [0, 0.05) is 6.54 Å². The van der Waals surface area contributed by atoms with Gasteiger partial charge in [0.15, 0.2) is 17.5 Å². The molecule has 0 aliphatic heterocycles. The Hall–Kier alpha value is -2.06. The van der Waals surface area contributed by atoms with Gasteiger partial charge in [-0.2, -0.15) is 0 Å². The molecule has 0 atom stereocenters. The molecule has 0 aromatic heterocycles. The van der Waals surface area contributed by atoms with Crippen molar-refractivity contribution in [3.05, 3.63) is 59.4 Å². The number of ether oxygens (including phenoxy) is 1. The molecule has 0 spiro atoms. The summed E-state index contributed by atoms with van der Waals surface area (Å²) in [6, 6.07) is 8.20. The van der Waals surface area contributed by atoms with Crippen molar-refractivity contribution >= 4 is 10.0 Å². The third-order valence-electron chi connectivity index (χ3n) is 3.15. The van der Waals surface area contributed by atoms with Gasteiger partial charge in [-0.05, 0) is 36.2 Å². The summed E-state index contributed by atoms with van der Waals surface area (Å²) in [5.41, 5.74) is 0.833. The molecule has 0 aliphatic carbocycles. The minimum atomic E-state index is -4.27. The lowest BCUT2D eigenvalue weighted by Crippen LogP contribution is -2.27. The molecule has 0 radical (unpaired) electrons. The van der Waals surface area contributed by atoms with Crippen molar-refractivity contribution in [2.75, 3.05) is 13.7 Å². The first kappa shape index (κ1) is 17.3. The van der Waals surface area contributed by atoms with Crippen molar-refractivity contribution in [3.63, 3.8) is 0 Å². The predicted molar refractivity (Wildman–Crippen MR) is 78.2 cm³/mol. The second-order valence-corrected chi connectivity index (χ2v) is 6.40. The van der Waals surface area contributed by atoms with Crippen LogP contribution in [0.5, 0.6) is 5.75 Å². The van der Waals surface area contributed by atoms with Gasteiger partial charge in [0.05, 0.1) is 7.11 Å². The zero-order valence-electron chi connectivity index (χ0n) is 12.1. The molecule has 1 N–H and O–H groups in total. The number of methoxy groups -OCH3 is 1. The quantitative estimate of drug-likeness (QED) is 0.819. The Morgan fingerprint density at radius 1 is 1.00 bits per heavy atom. The van der Waals surface area contributed by atoms with Gasteiger partial charge >= 0.3 is 0 Å². The first-order valence-corrected chi connectivity index (χ1v) is 8.09. The van der Waals surface area contributed by atoms with E-state index < -0.39 is 32.4 Å². The highest BCUT2D eigenvalue weighted by atomic mass is 32.2. The minimum absolute atomic E-state index is 0.0207. The van der Waals surface area contributed by atoms with Crippen molar-refractivity contribution in [1.29, 1.82) is 0 Å². The second-order valence-electron chi connectivity index (χ2n) is 4.67. The lowest BCUT2D eigenvalue weighted by Gasteiger charge is -2.09. The topological polar surface area (TPSA) is 55.4 Å².